The van der Waals surface area contributed by atoms with Gasteiger partial charge in [0, 0.05) is 17.1 Å². The van der Waals surface area contributed by atoms with Gasteiger partial charge in [0.15, 0.2) is 5.75 Å². The van der Waals surface area contributed by atoms with Crippen LogP contribution in [0, 0.1) is 0 Å². The molecule has 1 aliphatic heterocycles. The molecule has 3 rings (SSSR count). The maximum Gasteiger partial charge on any atom is 0.211 e. The second kappa shape index (κ2) is 7.73. The van der Waals surface area contributed by atoms with Crippen molar-refractivity contribution in [3.63, 3.8) is 0 Å². The molecular weight excluding hydrogens is 296 g/mol. The van der Waals surface area contributed by atoms with Crippen LogP contribution in [-0.4, -0.2) is 34.5 Å². The van der Waals surface area contributed by atoms with Crippen molar-refractivity contribution in [2.75, 3.05) is 28.8 Å². The molecular formula is C18H25OS2+. The van der Waals surface area contributed by atoms with Crippen LogP contribution < -0.4 is 0 Å². The highest BCUT2D eigenvalue weighted by Crippen LogP contribution is 2.32. The molecule has 0 N–H and O–H groups in total. The molecule has 2 aliphatic rings. The van der Waals surface area contributed by atoms with E-state index in [0.717, 1.165) is 17.2 Å². The monoisotopic (exact) mass is 321 g/mol. The maximum absolute atomic E-state index is 12.4. The van der Waals surface area contributed by atoms with E-state index < -0.39 is 0 Å². The molecule has 1 heterocycles. The van der Waals surface area contributed by atoms with Crippen LogP contribution in [0.2, 0.25) is 0 Å². The lowest BCUT2D eigenvalue weighted by Crippen LogP contribution is -2.28. The largest absolute Gasteiger partial charge is 0.289 e. The van der Waals surface area contributed by atoms with E-state index in [1.165, 1.54) is 60.7 Å². The number of carbonyl (C=O) groups is 1. The van der Waals surface area contributed by atoms with E-state index in [-0.39, 0.29) is 0 Å². The van der Waals surface area contributed by atoms with Crippen molar-refractivity contribution in [1.82, 2.24) is 0 Å². The third-order valence-electron chi connectivity index (χ3n) is 4.68. The van der Waals surface area contributed by atoms with Crippen molar-refractivity contribution in [3.05, 3.63) is 35.4 Å². The minimum atomic E-state index is 0.345. The summed E-state index contributed by atoms with van der Waals surface area (Å²) < 4.78 is 0. The van der Waals surface area contributed by atoms with Crippen LogP contribution in [0.5, 0.6) is 0 Å². The molecule has 0 amide bonds. The fourth-order valence-corrected chi connectivity index (χ4v) is 7.41. The molecule has 2 fully saturated rings. The van der Waals surface area contributed by atoms with Crippen LogP contribution in [0.1, 0.15) is 53.9 Å². The third-order valence-corrected chi connectivity index (χ3v) is 8.41. The molecule has 0 spiro atoms. The molecule has 0 aromatic heterocycles. The number of Topliss-reactive ketones (excluding diaryl/α,β-unsaturated/α-hetero) is 1. The molecule has 0 radical (unpaired) electrons. The quantitative estimate of drug-likeness (QED) is 0.608. The first-order valence-electron chi connectivity index (χ1n) is 8.18. The number of ketones is 1. The maximum atomic E-state index is 12.4. The van der Waals surface area contributed by atoms with Gasteiger partial charge in [-0.15, -0.1) is 0 Å². The van der Waals surface area contributed by atoms with E-state index in [1.54, 1.807) is 0 Å². The smallest absolute Gasteiger partial charge is 0.211 e. The van der Waals surface area contributed by atoms with E-state index in [2.05, 4.69) is 24.3 Å². The highest BCUT2D eigenvalue weighted by atomic mass is 32.2. The summed E-state index contributed by atoms with van der Waals surface area (Å²) in [5.41, 5.74) is 2.38. The van der Waals surface area contributed by atoms with Crippen molar-refractivity contribution in [3.8, 4) is 0 Å². The molecule has 1 saturated heterocycles. The summed E-state index contributed by atoms with van der Waals surface area (Å²) in [6, 6.07) is 8.58. The standard InChI is InChI=1S/C18H25OS2/c19-18(14-21-12-10-20-11-13-21)17-8-6-16(7-9-17)15-4-2-1-3-5-15/h6-9,15H,1-5,10-14H2/q+1. The summed E-state index contributed by atoms with van der Waals surface area (Å²) in [5.74, 6) is 6.87. The molecule has 1 aromatic carbocycles. The van der Waals surface area contributed by atoms with Crippen molar-refractivity contribution in [2.45, 2.75) is 38.0 Å². The molecule has 21 heavy (non-hydrogen) atoms. The number of hydrogen-bond donors (Lipinski definition) is 0. The van der Waals surface area contributed by atoms with Crippen LogP contribution in [-0.2, 0) is 10.9 Å². The van der Waals surface area contributed by atoms with Crippen molar-refractivity contribution < 1.29 is 4.79 Å². The van der Waals surface area contributed by atoms with Gasteiger partial charge in [-0.25, -0.2) is 0 Å². The molecule has 1 aromatic rings. The lowest BCUT2D eigenvalue weighted by molar-refractivity contribution is 0.102. The Kier molecular flexibility index (Phi) is 5.70. The number of thioether (sulfide) groups is 1. The lowest BCUT2D eigenvalue weighted by Gasteiger charge is -2.22. The molecule has 0 unspecified atom stereocenters. The number of benzene rings is 1. The second-order valence-corrected chi connectivity index (χ2v) is 9.71. The Morgan fingerprint density at radius 3 is 2.38 bits per heavy atom. The van der Waals surface area contributed by atoms with E-state index in [9.17, 15) is 4.79 Å². The molecule has 1 aliphatic carbocycles. The van der Waals surface area contributed by atoms with Gasteiger partial charge < -0.3 is 0 Å². The first kappa shape index (κ1) is 15.5. The van der Waals surface area contributed by atoms with Gasteiger partial charge in [0.2, 0.25) is 5.78 Å². The summed E-state index contributed by atoms with van der Waals surface area (Å²) in [4.78, 5) is 12.4. The molecule has 1 saturated carbocycles. The first-order valence-corrected chi connectivity index (χ1v) is 11.1. The van der Waals surface area contributed by atoms with E-state index in [0.29, 0.717) is 16.7 Å². The van der Waals surface area contributed by atoms with Gasteiger partial charge in [0.25, 0.3) is 0 Å². The van der Waals surface area contributed by atoms with Gasteiger partial charge in [-0.2, -0.15) is 11.8 Å². The minimum Gasteiger partial charge on any atom is -0.289 e. The van der Waals surface area contributed by atoms with E-state index >= 15 is 0 Å². The Hall–Kier alpha value is -0.410. The third kappa shape index (κ3) is 4.29. The van der Waals surface area contributed by atoms with Crippen LogP contribution in [0.3, 0.4) is 0 Å². The zero-order valence-corrected chi connectivity index (χ0v) is 14.3. The average Bonchev–Trinajstić information content (AvgIpc) is 2.57. The fourth-order valence-electron chi connectivity index (χ4n) is 3.35. The van der Waals surface area contributed by atoms with Gasteiger partial charge in [0.1, 0.15) is 11.5 Å². The molecule has 0 atom stereocenters. The van der Waals surface area contributed by atoms with Crippen LogP contribution in [0.25, 0.3) is 0 Å². The van der Waals surface area contributed by atoms with Gasteiger partial charge >= 0.3 is 0 Å². The molecule has 1 nitrogen and oxygen atoms in total. The molecule has 3 heteroatoms. The number of hydrogen-bond acceptors (Lipinski definition) is 2. The lowest BCUT2D eigenvalue weighted by atomic mass is 9.84. The van der Waals surface area contributed by atoms with Crippen LogP contribution in [0.4, 0.5) is 0 Å². The highest BCUT2D eigenvalue weighted by molar-refractivity contribution is 8.05. The second-order valence-electron chi connectivity index (χ2n) is 6.16. The van der Waals surface area contributed by atoms with Gasteiger partial charge in [-0.05, 0) is 35.2 Å². The Balaban J connectivity index is 1.58. The zero-order valence-electron chi connectivity index (χ0n) is 12.7. The highest BCUT2D eigenvalue weighted by Gasteiger charge is 2.26. The zero-order chi connectivity index (χ0) is 14.5. The Morgan fingerprint density at radius 2 is 1.71 bits per heavy atom. The van der Waals surface area contributed by atoms with E-state index in [4.69, 9.17) is 0 Å². The Bertz CT molecular complexity index is 457. The SMILES string of the molecule is O=C(C[S+]1CCSCC1)c1ccc(C2CCCCC2)cc1. The Morgan fingerprint density at radius 1 is 1.05 bits per heavy atom. The van der Waals surface area contributed by atoms with Crippen molar-refractivity contribution in [2.24, 2.45) is 0 Å². The first-order chi connectivity index (χ1) is 10.3. The molecule has 114 valence electrons. The summed E-state index contributed by atoms with van der Waals surface area (Å²) in [6.45, 7) is 0. The topological polar surface area (TPSA) is 17.1 Å². The average molecular weight is 322 g/mol. The van der Waals surface area contributed by atoms with Gasteiger partial charge in [-0.3, -0.25) is 4.79 Å². The van der Waals surface area contributed by atoms with Crippen molar-refractivity contribution >= 4 is 28.4 Å². The summed E-state index contributed by atoms with van der Waals surface area (Å²) in [7, 11) is 0.345. The normalized spacial score (nSPS) is 21.3. The van der Waals surface area contributed by atoms with Crippen LogP contribution >= 0.6 is 11.8 Å². The predicted octanol–water partition coefficient (Wildman–Crippen LogP) is 4.28. The van der Waals surface area contributed by atoms with Crippen molar-refractivity contribution in [1.29, 1.82) is 0 Å². The summed E-state index contributed by atoms with van der Waals surface area (Å²) in [6.07, 6.45) is 6.79. The molecule has 0 bridgehead atoms. The van der Waals surface area contributed by atoms with E-state index in [1.807, 2.05) is 11.8 Å². The summed E-state index contributed by atoms with van der Waals surface area (Å²) >= 11 is 2.03. The Labute approximate surface area is 135 Å². The number of rotatable bonds is 4. The summed E-state index contributed by atoms with van der Waals surface area (Å²) in [5, 5.41) is 0. The van der Waals surface area contributed by atoms with Crippen LogP contribution in [0.15, 0.2) is 24.3 Å². The van der Waals surface area contributed by atoms with Gasteiger partial charge in [-0.1, -0.05) is 43.5 Å². The number of carbonyl (C=O) groups excluding carboxylic acids is 1. The minimum absolute atomic E-state index is 0.345. The fraction of sp³-hybridized carbons (Fsp3) is 0.611. The predicted molar refractivity (Wildman–Crippen MR) is 95.9 cm³/mol. The van der Waals surface area contributed by atoms with Gasteiger partial charge in [0.05, 0.1) is 0 Å².